The lowest BCUT2D eigenvalue weighted by Crippen LogP contribution is -2.22. The third-order valence-corrected chi connectivity index (χ3v) is 5.01. The van der Waals surface area contributed by atoms with Crippen LogP contribution in [-0.2, 0) is 19.0 Å². The maximum Gasteiger partial charge on any atom is 0.435 e. The Morgan fingerprint density at radius 1 is 1.27 bits per heavy atom. The van der Waals surface area contributed by atoms with Crippen molar-refractivity contribution in [3.05, 3.63) is 40.2 Å². The summed E-state index contributed by atoms with van der Waals surface area (Å²) < 4.78 is 41.6. The molecule has 0 saturated carbocycles. The fourth-order valence-electron chi connectivity index (χ4n) is 3.17. The highest BCUT2D eigenvalue weighted by atomic mass is 35.5. The van der Waals surface area contributed by atoms with Crippen molar-refractivity contribution in [2.75, 3.05) is 17.7 Å². The number of nitrogens with one attached hydrogen (secondary N) is 1. The number of hydrogen-bond acceptors (Lipinski definition) is 3. The second-order valence-corrected chi connectivity index (χ2v) is 6.93. The Morgan fingerprint density at radius 3 is 2.69 bits per heavy atom. The molecule has 1 atom stereocenters. The highest BCUT2D eigenvalue weighted by molar-refractivity contribution is 6.33. The Labute approximate surface area is 158 Å². The van der Waals surface area contributed by atoms with Crippen LogP contribution in [0.25, 0.3) is 5.69 Å². The number of halogens is 5. The first kappa shape index (κ1) is 19.3. The number of aromatic nitrogens is 2. The van der Waals surface area contributed by atoms with Gasteiger partial charge in [0.2, 0.25) is 0 Å². The van der Waals surface area contributed by atoms with Gasteiger partial charge in [0.1, 0.15) is 5.69 Å². The molecule has 142 valence electrons. The van der Waals surface area contributed by atoms with E-state index in [4.69, 9.17) is 23.2 Å². The molecule has 1 heterocycles. The second-order valence-electron chi connectivity index (χ2n) is 6.22. The van der Waals surface area contributed by atoms with Gasteiger partial charge in [-0.2, -0.15) is 18.3 Å². The molecule has 2 N–H and O–H groups in total. The van der Waals surface area contributed by atoms with E-state index in [0.29, 0.717) is 36.3 Å². The number of aliphatic hydroxyl groups is 1. The SMILES string of the molecule is OC(CCl)CNc1cccc(Cl)c1-n1nc(C(F)(F)F)c2c1CCCC2. The van der Waals surface area contributed by atoms with Crippen LogP contribution in [-0.4, -0.2) is 33.4 Å². The van der Waals surface area contributed by atoms with Crippen LogP contribution < -0.4 is 5.32 Å². The molecule has 4 nitrogen and oxygen atoms in total. The summed E-state index contributed by atoms with van der Waals surface area (Å²) in [6, 6.07) is 4.97. The lowest BCUT2D eigenvalue weighted by Gasteiger charge is -2.19. The predicted octanol–water partition coefficient (Wildman–Crippen LogP) is 4.43. The molecule has 0 radical (unpaired) electrons. The van der Waals surface area contributed by atoms with E-state index in [2.05, 4.69) is 10.4 Å². The van der Waals surface area contributed by atoms with E-state index in [9.17, 15) is 18.3 Å². The monoisotopic (exact) mass is 407 g/mol. The van der Waals surface area contributed by atoms with Gasteiger partial charge in [0.15, 0.2) is 5.69 Å². The summed E-state index contributed by atoms with van der Waals surface area (Å²) in [6.07, 6.45) is -2.95. The molecule has 1 aliphatic rings. The van der Waals surface area contributed by atoms with E-state index in [1.54, 1.807) is 18.2 Å². The molecule has 1 aromatic heterocycles. The number of hydrogen-bond donors (Lipinski definition) is 2. The van der Waals surface area contributed by atoms with Gasteiger partial charge in [-0.1, -0.05) is 17.7 Å². The molecular formula is C17H18Cl2F3N3O. The number of nitrogens with zero attached hydrogens (tertiary/aromatic N) is 2. The quantitative estimate of drug-likeness (QED) is 0.720. The minimum atomic E-state index is -4.52. The van der Waals surface area contributed by atoms with Gasteiger partial charge in [0.25, 0.3) is 0 Å². The van der Waals surface area contributed by atoms with Crippen molar-refractivity contribution in [1.29, 1.82) is 0 Å². The minimum absolute atomic E-state index is 0.0400. The normalized spacial score (nSPS) is 15.6. The largest absolute Gasteiger partial charge is 0.435 e. The summed E-state index contributed by atoms with van der Waals surface area (Å²) in [6.45, 7) is 0.145. The van der Waals surface area contributed by atoms with Gasteiger partial charge in [0, 0.05) is 17.8 Å². The van der Waals surface area contributed by atoms with Gasteiger partial charge in [-0.25, -0.2) is 4.68 Å². The molecule has 26 heavy (non-hydrogen) atoms. The van der Waals surface area contributed by atoms with Crippen LogP contribution in [0.4, 0.5) is 18.9 Å². The Bertz CT molecular complexity index is 792. The van der Waals surface area contributed by atoms with Crippen molar-refractivity contribution in [2.24, 2.45) is 0 Å². The fraction of sp³-hybridized carbons (Fsp3) is 0.471. The topological polar surface area (TPSA) is 50.1 Å². The first-order chi connectivity index (χ1) is 12.3. The number of alkyl halides is 4. The van der Waals surface area contributed by atoms with E-state index in [0.717, 1.165) is 6.42 Å². The molecule has 2 aromatic rings. The van der Waals surface area contributed by atoms with Crippen molar-refractivity contribution >= 4 is 28.9 Å². The average molecular weight is 408 g/mol. The lowest BCUT2D eigenvalue weighted by molar-refractivity contribution is -0.142. The molecular weight excluding hydrogens is 390 g/mol. The van der Waals surface area contributed by atoms with Gasteiger partial charge in [-0.3, -0.25) is 0 Å². The fourth-order valence-corrected chi connectivity index (χ4v) is 3.53. The summed E-state index contributed by atoms with van der Waals surface area (Å²) in [4.78, 5) is 0. The van der Waals surface area contributed by atoms with Crippen molar-refractivity contribution < 1.29 is 18.3 Å². The van der Waals surface area contributed by atoms with E-state index in [1.807, 2.05) is 0 Å². The number of anilines is 1. The van der Waals surface area contributed by atoms with E-state index in [1.165, 1.54) is 4.68 Å². The van der Waals surface area contributed by atoms with Crippen LogP contribution in [0.5, 0.6) is 0 Å². The van der Waals surface area contributed by atoms with Gasteiger partial charge in [-0.15, -0.1) is 11.6 Å². The Balaban J connectivity index is 2.11. The zero-order chi connectivity index (χ0) is 18.9. The van der Waals surface area contributed by atoms with Crippen LogP contribution in [0.3, 0.4) is 0 Å². The first-order valence-electron chi connectivity index (χ1n) is 8.27. The zero-order valence-corrected chi connectivity index (χ0v) is 15.3. The van der Waals surface area contributed by atoms with E-state index >= 15 is 0 Å². The van der Waals surface area contributed by atoms with Gasteiger partial charge >= 0.3 is 6.18 Å². The molecule has 0 amide bonds. The molecule has 1 unspecified atom stereocenters. The summed E-state index contributed by atoms with van der Waals surface area (Å²) in [5.74, 6) is 0.0400. The highest BCUT2D eigenvalue weighted by Gasteiger charge is 2.40. The Hall–Kier alpha value is -1.44. The number of aliphatic hydroxyl groups excluding tert-OH is 1. The number of benzene rings is 1. The smallest absolute Gasteiger partial charge is 0.390 e. The first-order valence-corrected chi connectivity index (χ1v) is 9.19. The summed E-state index contributed by atoms with van der Waals surface area (Å²) in [7, 11) is 0. The summed E-state index contributed by atoms with van der Waals surface area (Å²) >= 11 is 11.9. The van der Waals surface area contributed by atoms with Crippen LogP contribution in [0.2, 0.25) is 5.02 Å². The minimum Gasteiger partial charge on any atom is -0.390 e. The van der Waals surface area contributed by atoms with Crippen molar-refractivity contribution in [3.8, 4) is 5.69 Å². The zero-order valence-electron chi connectivity index (χ0n) is 13.8. The van der Waals surface area contributed by atoms with Crippen molar-refractivity contribution in [3.63, 3.8) is 0 Å². The van der Waals surface area contributed by atoms with Gasteiger partial charge < -0.3 is 10.4 Å². The van der Waals surface area contributed by atoms with Gasteiger partial charge in [-0.05, 0) is 37.8 Å². The maximum absolute atomic E-state index is 13.4. The van der Waals surface area contributed by atoms with Crippen molar-refractivity contribution in [2.45, 2.75) is 38.0 Å². The Kier molecular flexibility index (Phi) is 5.69. The maximum atomic E-state index is 13.4. The van der Waals surface area contributed by atoms with E-state index in [-0.39, 0.29) is 23.0 Å². The molecule has 3 rings (SSSR count). The van der Waals surface area contributed by atoms with Crippen molar-refractivity contribution in [1.82, 2.24) is 9.78 Å². The molecule has 0 fully saturated rings. The standard InChI is InChI=1S/C17H18Cl2F3N3O/c18-8-10(26)9-23-13-6-3-5-12(19)15(13)25-14-7-2-1-4-11(14)16(24-25)17(20,21)22/h3,5-6,10,23,26H,1-2,4,7-9H2. The molecule has 0 aliphatic heterocycles. The van der Waals surface area contributed by atoms with E-state index < -0.39 is 18.0 Å². The number of rotatable bonds is 5. The average Bonchev–Trinajstić information content (AvgIpc) is 2.99. The van der Waals surface area contributed by atoms with Crippen LogP contribution in [0.15, 0.2) is 18.2 Å². The van der Waals surface area contributed by atoms with Crippen LogP contribution in [0, 0.1) is 0 Å². The number of fused-ring (bicyclic) bond motifs is 1. The molecule has 1 aromatic carbocycles. The number of para-hydroxylation sites is 1. The molecule has 0 spiro atoms. The second kappa shape index (κ2) is 7.66. The van der Waals surface area contributed by atoms with Gasteiger partial charge in [0.05, 0.1) is 22.7 Å². The third kappa shape index (κ3) is 3.80. The third-order valence-electron chi connectivity index (χ3n) is 4.35. The molecule has 9 heteroatoms. The summed E-state index contributed by atoms with van der Waals surface area (Å²) in [5.41, 5.74) is 0.780. The Morgan fingerprint density at radius 2 is 2.00 bits per heavy atom. The van der Waals surface area contributed by atoms with Crippen LogP contribution >= 0.6 is 23.2 Å². The van der Waals surface area contributed by atoms with Crippen LogP contribution in [0.1, 0.15) is 29.8 Å². The summed E-state index contributed by atoms with van der Waals surface area (Å²) in [5, 5.41) is 16.8. The molecule has 0 bridgehead atoms. The molecule has 0 saturated heterocycles. The lowest BCUT2D eigenvalue weighted by atomic mass is 9.95. The predicted molar refractivity (Wildman–Crippen MR) is 95.4 cm³/mol. The highest BCUT2D eigenvalue weighted by Crippen LogP contribution is 2.39. The molecule has 1 aliphatic carbocycles.